The standard InChI is InChI=1S/C25H25N3O5S/c1-2-15-12-28(25(31)26-24(15)30)22-11-18(29)21(33-22)13-27(14-34)23-16-7-3-5-9-19(16)32-20-10-6-4-8-17(20)23/h3-10,12,14,18,21-23,29H,2,11,13H2,1H3,(H,26,30,31)/t18?,21-,22-/m0/s1. The third-order valence-corrected chi connectivity index (χ3v) is 6.71. The van der Waals surface area contributed by atoms with Gasteiger partial charge in [-0.15, -0.1) is 0 Å². The smallest absolute Gasteiger partial charge is 0.330 e. The first-order valence-electron chi connectivity index (χ1n) is 11.2. The summed E-state index contributed by atoms with van der Waals surface area (Å²) in [5, 5.41) is 10.8. The van der Waals surface area contributed by atoms with Gasteiger partial charge in [0.25, 0.3) is 5.56 Å². The molecular weight excluding hydrogens is 454 g/mol. The van der Waals surface area contributed by atoms with Gasteiger partial charge in [0.05, 0.1) is 17.6 Å². The van der Waals surface area contributed by atoms with Crippen molar-refractivity contribution in [1.82, 2.24) is 14.5 Å². The van der Waals surface area contributed by atoms with Crippen LogP contribution in [0.2, 0.25) is 0 Å². The monoisotopic (exact) mass is 479 g/mol. The third-order valence-electron chi connectivity index (χ3n) is 6.44. The molecule has 0 amide bonds. The summed E-state index contributed by atoms with van der Waals surface area (Å²) in [6.45, 7) is 2.15. The molecule has 2 N–H and O–H groups in total. The largest absolute Gasteiger partial charge is 0.457 e. The average Bonchev–Trinajstić information content (AvgIpc) is 3.21. The summed E-state index contributed by atoms with van der Waals surface area (Å²) in [7, 11) is 0. The minimum atomic E-state index is -0.809. The molecule has 1 aromatic heterocycles. The van der Waals surface area contributed by atoms with Crippen molar-refractivity contribution in [3.8, 4) is 11.5 Å². The van der Waals surface area contributed by atoms with Gasteiger partial charge >= 0.3 is 5.69 Å². The number of aliphatic hydroxyl groups is 1. The Bertz CT molecular complexity index is 1290. The van der Waals surface area contributed by atoms with Crippen LogP contribution in [-0.4, -0.2) is 43.8 Å². The second-order valence-corrected chi connectivity index (χ2v) is 8.70. The number of fused-ring (bicyclic) bond motifs is 2. The van der Waals surface area contributed by atoms with Gasteiger partial charge in [-0.3, -0.25) is 14.3 Å². The summed E-state index contributed by atoms with van der Waals surface area (Å²) >= 11 is 5.40. The number of rotatable bonds is 6. The van der Waals surface area contributed by atoms with Gasteiger partial charge in [0.1, 0.15) is 23.8 Å². The third kappa shape index (κ3) is 3.96. The van der Waals surface area contributed by atoms with Crippen LogP contribution < -0.4 is 16.0 Å². The molecule has 3 atom stereocenters. The van der Waals surface area contributed by atoms with E-state index in [1.54, 1.807) is 5.49 Å². The van der Waals surface area contributed by atoms with Gasteiger partial charge in [0, 0.05) is 35.9 Å². The molecule has 0 bridgehead atoms. The lowest BCUT2D eigenvalue weighted by Crippen LogP contribution is -2.40. The highest BCUT2D eigenvalue weighted by atomic mass is 32.1. The van der Waals surface area contributed by atoms with Crippen LogP contribution in [-0.2, 0) is 11.2 Å². The van der Waals surface area contributed by atoms with Crippen LogP contribution in [0.25, 0.3) is 0 Å². The Kier molecular flexibility index (Phi) is 6.07. The van der Waals surface area contributed by atoms with Crippen LogP contribution in [0.1, 0.15) is 42.3 Å². The number of para-hydroxylation sites is 2. The number of benzene rings is 2. The van der Waals surface area contributed by atoms with Gasteiger partial charge in [0.2, 0.25) is 0 Å². The minimum absolute atomic E-state index is 0.212. The molecule has 5 rings (SSSR count). The van der Waals surface area contributed by atoms with E-state index in [-0.39, 0.29) is 12.5 Å². The molecule has 176 valence electrons. The van der Waals surface area contributed by atoms with E-state index in [0.29, 0.717) is 18.5 Å². The molecule has 0 aliphatic carbocycles. The number of ether oxygens (including phenoxy) is 2. The highest BCUT2D eigenvalue weighted by Crippen LogP contribution is 2.45. The highest BCUT2D eigenvalue weighted by Gasteiger charge is 2.39. The summed E-state index contributed by atoms with van der Waals surface area (Å²) in [6.07, 6.45) is 0.146. The number of nitrogens with zero attached hydrogens (tertiary/aromatic N) is 2. The van der Waals surface area contributed by atoms with Crippen LogP contribution in [0.5, 0.6) is 11.5 Å². The van der Waals surface area contributed by atoms with Crippen LogP contribution in [0.3, 0.4) is 0 Å². The van der Waals surface area contributed by atoms with E-state index in [0.717, 1.165) is 22.6 Å². The number of aromatic nitrogens is 2. The first-order chi connectivity index (χ1) is 16.5. The lowest BCUT2D eigenvalue weighted by atomic mass is 9.93. The fourth-order valence-corrected chi connectivity index (χ4v) is 4.91. The maximum atomic E-state index is 12.4. The molecule has 0 saturated carbocycles. The van der Waals surface area contributed by atoms with E-state index in [2.05, 4.69) is 4.98 Å². The van der Waals surface area contributed by atoms with Crippen molar-refractivity contribution in [3.63, 3.8) is 0 Å². The second kappa shape index (κ2) is 9.17. The van der Waals surface area contributed by atoms with Crippen molar-refractivity contribution < 1.29 is 14.6 Å². The van der Waals surface area contributed by atoms with E-state index in [1.165, 1.54) is 10.8 Å². The van der Waals surface area contributed by atoms with E-state index < -0.39 is 29.7 Å². The number of hydrogen-bond donors (Lipinski definition) is 2. The van der Waals surface area contributed by atoms with E-state index in [1.807, 2.05) is 60.4 Å². The molecular formula is C25H25N3O5S. The van der Waals surface area contributed by atoms with Crippen molar-refractivity contribution in [2.75, 3.05) is 6.54 Å². The van der Waals surface area contributed by atoms with Gasteiger partial charge < -0.3 is 19.5 Å². The predicted octanol–water partition coefficient (Wildman–Crippen LogP) is 2.90. The Morgan fingerprint density at radius 3 is 2.41 bits per heavy atom. The van der Waals surface area contributed by atoms with Crippen molar-refractivity contribution in [1.29, 1.82) is 0 Å². The van der Waals surface area contributed by atoms with Crippen LogP contribution in [0.15, 0.2) is 64.3 Å². The number of aryl methyl sites for hydroxylation is 1. The molecule has 0 radical (unpaired) electrons. The molecule has 2 aliphatic heterocycles. The van der Waals surface area contributed by atoms with E-state index in [4.69, 9.17) is 21.7 Å². The number of aromatic amines is 1. The molecule has 0 spiro atoms. The summed E-state index contributed by atoms with van der Waals surface area (Å²) in [5.74, 6) is 1.51. The lowest BCUT2D eigenvalue weighted by molar-refractivity contribution is -0.0306. The van der Waals surface area contributed by atoms with Gasteiger partial charge in [-0.05, 0) is 18.6 Å². The Morgan fingerprint density at radius 1 is 1.15 bits per heavy atom. The molecule has 1 saturated heterocycles. The van der Waals surface area contributed by atoms with Crippen LogP contribution >= 0.6 is 12.2 Å². The Morgan fingerprint density at radius 2 is 1.79 bits per heavy atom. The molecule has 1 fully saturated rings. The van der Waals surface area contributed by atoms with Crippen LogP contribution in [0, 0.1) is 0 Å². The van der Waals surface area contributed by atoms with Crippen molar-refractivity contribution >= 4 is 17.7 Å². The van der Waals surface area contributed by atoms with E-state index >= 15 is 0 Å². The molecule has 3 aromatic rings. The Balaban J connectivity index is 1.43. The van der Waals surface area contributed by atoms with Gasteiger partial charge in [0.15, 0.2) is 0 Å². The fraction of sp³-hybridized carbons (Fsp3) is 0.320. The quantitative estimate of drug-likeness (QED) is 0.525. The van der Waals surface area contributed by atoms with Gasteiger partial charge in [-0.2, -0.15) is 0 Å². The molecule has 2 aromatic carbocycles. The van der Waals surface area contributed by atoms with Crippen molar-refractivity contribution in [3.05, 3.63) is 92.3 Å². The maximum Gasteiger partial charge on any atom is 0.330 e. The maximum absolute atomic E-state index is 12.4. The first-order valence-corrected chi connectivity index (χ1v) is 11.7. The molecule has 2 aliphatic rings. The molecule has 9 heteroatoms. The predicted molar refractivity (Wildman–Crippen MR) is 130 cm³/mol. The molecule has 34 heavy (non-hydrogen) atoms. The summed E-state index contributed by atoms with van der Waals surface area (Å²) < 4.78 is 13.6. The first kappa shape index (κ1) is 22.5. The summed E-state index contributed by atoms with van der Waals surface area (Å²) in [6, 6.07) is 15.4. The Hall–Kier alpha value is -3.27. The van der Waals surface area contributed by atoms with Gasteiger partial charge in [-0.1, -0.05) is 55.5 Å². The van der Waals surface area contributed by atoms with Crippen LogP contribution in [0.4, 0.5) is 0 Å². The van der Waals surface area contributed by atoms with Crippen molar-refractivity contribution in [2.45, 2.75) is 44.2 Å². The minimum Gasteiger partial charge on any atom is -0.457 e. The van der Waals surface area contributed by atoms with E-state index in [9.17, 15) is 14.7 Å². The second-order valence-electron chi connectivity index (χ2n) is 8.49. The summed E-state index contributed by atoms with van der Waals surface area (Å²) in [4.78, 5) is 28.6. The molecule has 3 heterocycles. The number of aliphatic hydroxyl groups excluding tert-OH is 1. The summed E-state index contributed by atoms with van der Waals surface area (Å²) in [5.41, 5.74) is 3.04. The lowest BCUT2D eigenvalue weighted by Gasteiger charge is -2.37. The number of thiocarbonyl (C=S) groups is 1. The number of nitrogens with one attached hydrogen (secondary N) is 1. The van der Waals surface area contributed by atoms with Crippen molar-refractivity contribution in [2.24, 2.45) is 0 Å². The zero-order valence-corrected chi connectivity index (χ0v) is 19.4. The SMILES string of the molecule is CCc1cn([C@@H]2CC(O)[C@H](CN(C=S)C3c4ccccc4Oc4ccccc43)O2)c(=O)[nH]c1=O. The zero-order valence-electron chi connectivity index (χ0n) is 18.6. The topological polar surface area (TPSA) is 96.8 Å². The highest BCUT2D eigenvalue weighted by molar-refractivity contribution is 7.78. The molecule has 1 unspecified atom stereocenters. The van der Waals surface area contributed by atoms with Gasteiger partial charge in [-0.25, -0.2) is 4.79 Å². The molecule has 8 nitrogen and oxygen atoms in total. The number of H-pyrrole nitrogens is 1. The normalized spacial score (nSPS) is 21.4. The fourth-order valence-electron chi connectivity index (χ4n) is 4.70. The Labute approximate surface area is 201 Å². The number of hydrogen-bond acceptors (Lipinski definition) is 6. The zero-order chi connectivity index (χ0) is 23.8. The average molecular weight is 480 g/mol.